The zero-order chi connectivity index (χ0) is 33.9. The third-order valence-electron chi connectivity index (χ3n) is 6.60. The second kappa shape index (κ2) is 22.1. The first-order valence-electron chi connectivity index (χ1n) is 15.1. The molecule has 0 bridgehead atoms. The molecule has 0 aliphatic heterocycles. The van der Waals surface area contributed by atoms with Crippen LogP contribution in [0.5, 0.6) is 0 Å². The lowest BCUT2D eigenvalue weighted by atomic mass is 10.0. The van der Waals surface area contributed by atoms with Gasteiger partial charge in [0.15, 0.2) is 0 Å². The molecule has 0 saturated carbocycles. The Bertz CT molecular complexity index is 1300. The number of amides is 6. The largest absolute Gasteiger partial charge is 0.444 e. The predicted molar refractivity (Wildman–Crippen MR) is 178 cm³/mol. The molecule has 0 unspecified atom stereocenters. The Balaban J connectivity index is 0.0000110. The van der Waals surface area contributed by atoms with E-state index in [4.69, 9.17) is 10.5 Å². The van der Waals surface area contributed by atoms with E-state index in [9.17, 15) is 28.8 Å². The van der Waals surface area contributed by atoms with Crippen LogP contribution in [0.2, 0.25) is 0 Å². The van der Waals surface area contributed by atoms with Crippen molar-refractivity contribution in [2.75, 3.05) is 39.8 Å². The van der Waals surface area contributed by atoms with E-state index >= 15 is 0 Å². The molecular weight excluding hydrogens is 630 g/mol. The molecule has 2 aromatic carbocycles. The summed E-state index contributed by atoms with van der Waals surface area (Å²) in [5.74, 6) is -2.77. The molecule has 2 rings (SSSR count). The molecule has 0 radical (unpaired) electrons. The van der Waals surface area contributed by atoms with Crippen LogP contribution in [0.1, 0.15) is 31.4 Å². The van der Waals surface area contributed by atoms with Crippen molar-refractivity contribution in [1.29, 1.82) is 0 Å². The second-order valence-electron chi connectivity index (χ2n) is 10.9. The van der Waals surface area contributed by atoms with Crippen LogP contribution in [0.25, 0.3) is 0 Å². The number of benzene rings is 2. The molecule has 47 heavy (non-hydrogen) atoms. The number of carbonyl (C=O) groups excluding carboxylic acids is 6. The Labute approximate surface area is 281 Å². The molecule has 0 aliphatic rings. The van der Waals surface area contributed by atoms with Crippen molar-refractivity contribution in [2.45, 2.75) is 45.4 Å². The topological polar surface area (TPSA) is 201 Å². The van der Waals surface area contributed by atoms with Gasteiger partial charge >= 0.3 is 6.09 Å². The van der Waals surface area contributed by atoms with E-state index in [-0.39, 0.29) is 64.0 Å². The highest BCUT2D eigenvalue weighted by atomic mass is 35.5. The van der Waals surface area contributed by atoms with Gasteiger partial charge in [0.1, 0.15) is 18.7 Å². The number of carbonyl (C=O) groups is 6. The molecule has 14 nitrogen and oxygen atoms in total. The third-order valence-corrected chi connectivity index (χ3v) is 6.60. The summed E-state index contributed by atoms with van der Waals surface area (Å²) in [6, 6.07) is 16.1. The molecule has 0 aliphatic carbocycles. The van der Waals surface area contributed by atoms with E-state index in [1.54, 1.807) is 31.3 Å². The normalized spacial score (nSPS) is 11.7. The summed E-state index contributed by atoms with van der Waals surface area (Å²) in [6.07, 6.45) is -0.396. The highest BCUT2D eigenvalue weighted by Crippen LogP contribution is 2.08. The summed E-state index contributed by atoms with van der Waals surface area (Å²) in [5, 5.41) is 13.1. The SMILES string of the molecule is CNCC(=O)N(CCNC(=O)CNC(=O)[C@H](CC(C)C)NC(=O)[C@H](Cc1ccccc1)NC(=O)CN)C(=O)OCc1ccccc1.Cl. The van der Waals surface area contributed by atoms with Crippen molar-refractivity contribution in [3.05, 3.63) is 71.8 Å². The van der Waals surface area contributed by atoms with Gasteiger partial charge in [-0.25, -0.2) is 9.69 Å². The minimum absolute atomic E-state index is 0. The van der Waals surface area contributed by atoms with Crippen LogP contribution in [0.15, 0.2) is 60.7 Å². The van der Waals surface area contributed by atoms with Gasteiger partial charge in [-0.1, -0.05) is 74.5 Å². The molecule has 0 spiro atoms. The number of nitrogens with zero attached hydrogens (tertiary/aromatic N) is 1. The van der Waals surface area contributed by atoms with Crippen LogP contribution >= 0.6 is 12.4 Å². The Kier molecular flexibility index (Phi) is 19.0. The highest BCUT2D eigenvalue weighted by molar-refractivity contribution is 5.94. The molecule has 0 saturated heterocycles. The van der Waals surface area contributed by atoms with Crippen LogP contribution in [0.4, 0.5) is 4.79 Å². The summed E-state index contributed by atoms with van der Waals surface area (Å²) in [6.45, 7) is 2.66. The summed E-state index contributed by atoms with van der Waals surface area (Å²) < 4.78 is 5.27. The van der Waals surface area contributed by atoms with E-state index in [0.29, 0.717) is 0 Å². The van der Waals surface area contributed by atoms with Gasteiger partial charge in [0.05, 0.1) is 19.6 Å². The van der Waals surface area contributed by atoms with Gasteiger partial charge in [-0.05, 0) is 30.5 Å². The quantitative estimate of drug-likeness (QED) is 0.128. The lowest BCUT2D eigenvalue weighted by Crippen LogP contribution is -2.56. The smallest absolute Gasteiger partial charge is 0.416 e. The van der Waals surface area contributed by atoms with Crippen LogP contribution < -0.4 is 32.3 Å². The van der Waals surface area contributed by atoms with Crippen LogP contribution in [-0.4, -0.2) is 92.4 Å². The molecule has 258 valence electrons. The van der Waals surface area contributed by atoms with Crippen molar-refractivity contribution in [3.8, 4) is 0 Å². The van der Waals surface area contributed by atoms with Gasteiger partial charge < -0.3 is 37.1 Å². The second-order valence-corrected chi connectivity index (χ2v) is 10.9. The monoisotopic (exact) mass is 675 g/mol. The lowest BCUT2D eigenvalue weighted by molar-refractivity contribution is -0.132. The van der Waals surface area contributed by atoms with Gasteiger partial charge in [-0.2, -0.15) is 0 Å². The summed E-state index contributed by atoms with van der Waals surface area (Å²) >= 11 is 0. The number of nitrogens with two attached hydrogens (primary N) is 1. The molecule has 15 heteroatoms. The minimum atomic E-state index is -0.984. The predicted octanol–water partition coefficient (Wildman–Crippen LogP) is 0.243. The third kappa shape index (κ3) is 15.5. The zero-order valence-electron chi connectivity index (χ0n) is 27.0. The first-order chi connectivity index (χ1) is 22.0. The molecule has 2 atom stereocenters. The number of ether oxygens (including phenoxy) is 1. The number of rotatable bonds is 18. The Hall–Kier alpha value is -4.53. The zero-order valence-corrected chi connectivity index (χ0v) is 27.8. The van der Waals surface area contributed by atoms with E-state index < -0.39 is 54.3 Å². The number of hydrogen-bond acceptors (Lipinski definition) is 9. The van der Waals surface area contributed by atoms with Crippen molar-refractivity contribution in [1.82, 2.24) is 31.5 Å². The van der Waals surface area contributed by atoms with E-state index in [1.165, 1.54) is 0 Å². The van der Waals surface area contributed by atoms with E-state index in [0.717, 1.165) is 16.0 Å². The Morgan fingerprint density at radius 2 is 1.40 bits per heavy atom. The van der Waals surface area contributed by atoms with Crippen molar-refractivity contribution in [2.24, 2.45) is 11.7 Å². The van der Waals surface area contributed by atoms with E-state index in [1.807, 2.05) is 50.2 Å². The molecule has 0 heterocycles. The van der Waals surface area contributed by atoms with Crippen molar-refractivity contribution >= 4 is 48.0 Å². The van der Waals surface area contributed by atoms with Gasteiger partial charge in [0.2, 0.25) is 29.5 Å². The van der Waals surface area contributed by atoms with Gasteiger partial charge in [0, 0.05) is 19.5 Å². The maximum atomic E-state index is 13.2. The Morgan fingerprint density at radius 3 is 1.98 bits per heavy atom. The summed E-state index contributed by atoms with van der Waals surface area (Å²) in [4.78, 5) is 76.9. The van der Waals surface area contributed by atoms with Gasteiger partial charge in [0.25, 0.3) is 0 Å². The number of halogens is 1. The number of imide groups is 1. The first-order valence-corrected chi connectivity index (χ1v) is 15.1. The number of likely N-dealkylation sites (N-methyl/N-ethyl adjacent to an activating group) is 1. The maximum Gasteiger partial charge on any atom is 0.416 e. The van der Waals surface area contributed by atoms with E-state index in [2.05, 4.69) is 26.6 Å². The van der Waals surface area contributed by atoms with Crippen LogP contribution in [0.3, 0.4) is 0 Å². The number of nitrogens with one attached hydrogen (secondary N) is 5. The molecule has 6 amide bonds. The summed E-state index contributed by atoms with van der Waals surface area (Å²) in [7, 11) is 1.56. The summed E-state index contributed by atoms with van der Waals surface area (Å²) in [5.41, 5.74) is 6.99. The highest BCUT2D eigenvalue weighted by Gasteiger charge is 2.28. The van der Waals surface area contributed by atoms with Gasteiger partial charge in [-0.15, -0.1) is 12.4 Å². The van der Waals surface area contributed by atoms with Crippen LogP contribution in [-0.2, 0) is 41.7 Å². The lowest BCUT2D eigenvalue weighted by Gasteiger charge is -2.24. The fourth-order valence-electron chi connectivity index (χ4n) is 4.31. The first kappa shape index (κ1) is 40.5. The molecule has 0 fully saturated rings. The molecule has 7 N–H and O–H groups in total. The fourth-order valence-corrected chi connectivity index (χ4v) is 4.31. The van der Waals surface area contributed by atoms with Crippen molar-refractivity contribution < 1.29 is 33.5 Å². The van der Waals surface area contributed by atoms with Crippen LogP contribution in [0, 0.1) is 5.92 Å². The number of hydrogen-bond donors (Lipinski definition) is 6. The average Bonchev–Trinajstić information content (AvgIpc) is 3.04. The standard InChI is InChI=1S/C32H45N7O7.ClH/c1-22(2)16-25(38-31(44)26(37-27(40)18-33)17-23-10-6-4-7-11-23)30(43)36-19-28(41)35-14-15-39(29(42)20-34-3)32(45)46-21-24-12-8-5-9-13-24;/h4-13,22,25-26,34H,14-21,33H2,1-3H3,(H,35,41)(H,36,43)(H,37,40)(H,38,44);1H/t25-,26-;/m0./s1. The molecular formula is C32H46ClN7O7. The Morgan fingerprint density at radius 1 is 0.787 bits per heavy atom. The molecule has 0 aromatic heterocycles. The maximum absolute atomic E-state index is 13.2. The van der Waals surface area contributed by atoms with Gasteiger partial charge in [-0.3, -0.25) is 24.0 Å². The minimum Gasteiger partial charge on any atom is -0.444 e. The molecule has 2 aromatic rings. The fraction of sp³-hybridized carbons (Fsp3) is 0.438. The average molecular weight is 676 g/mol. The van der Waals surface area contributed by atoms with Crippen molar-refractivity contribution in [3.63, 3.8) is 0 Å².